The molecule has 2 aliphatic rings. The fourth-order valence-electron chi connectivity index (χ4n) is 6.01. The van der Waals surface area contributed by atoms with Crippen molar-refractivity contribution in [1.29, 1.82) is 0 Å². The number of fused-ring (bicyclic) bond motifs is 4. The Balaban J connectivity index is 1.63. The molecule has 1 aromatic heterocycles. The molecule has 0 unspecified atom stereocenters. The zero-order chi connectivity index (χ0) is 27.2. The second kappa shape index (κ2) is 9.69. The van der Waals surface area contributed by atoms with Crippen LogP contribution in [0.1, 0.15) is 65.6 Å². The maximum Gasteiger partial charge on any atom is 0.408 e. The lowest BCUT2D eigenvalue weighted by Crippen LogP contribution is -2.61. The molecule has 0 radical (unpaired) electrons. The fraction of sp³-hybridized carbons (Fsp3) is 0.621. The van der Waals surface area contributed by atoms with E-state index in [1.807, 2.05) is 32.9 Å². The van der Waals surface area contributed by atoms with E-state index in [0.29, 0.717) is 25.8 Å². The molecule has 8 heteroatoms. The number of ether oxygens (including phenoxy) is 2. The van der Waals surface area contributed by atoms with E-state index in [0.717, 1.165) is 22.9 Å². The zero-order valence-electron chi connectivity index (χ0n) is 23.2. The molecule has 8 nitrogen and oxygen atoms in total. The lowest BCUT2D eigenvalue weighted by atomic mass is 9.62. The van der Waals surface area contributed by atoms with Crippen LogP contribution in [0.3, 0.4) is 0 Å². The first kappa shape index (κ1) is 27.0. The highest BCUT2D eigenvalue weighted by Crippen LogP contribution is 2.48. The number of amides is 2. The maximum absolute atomic E-state index is 13.9. The van der Waals surface area contributed by atoms with E-state index in [2.05, 4.69) is 22.4 Å². The topological polar surface area (TPSA) is 101 Å². The Kier molecular flexibility index (Phi) is 7.08. The van der Waals surface area contributed by atoms with Crippen molar-refractivity contribution in [1.82, 2.24) is 15.2 Å². The summed E-state index contributed by atoms with van der Waals surface area (Å²) in [6.07, 6.45) is 1.76. The van der Waals surface area contributed by atoms with Crippen LogP contribution in [-0.4, -0.2) is 59.7 Å². The lowest BCUT2D eigenvalue weighted by molar-refractivity contribution is -0.164. The van der Waals surface area contributed by atoms with E-state index < -0.39 is 23.2 Å². The Morgan fingerprint density at radius 2 is 1.86 bits per heavy atom. The van der Waals surface area contributed by atoms with Gasteiger partial charge in [0.05, 0.1) is 12.5 Å². The van der Waals surface area contributed by atoms with Crippen LogP contribution < -0.4 is 5.32 Å². The molecule has 4 rings (SSSR count). The molecular weight excluding hydrogens is 470 g/mol. The SMILES string of the molecule is COC(=O)[C@]12Cc3c([nH]c4ccccc34)C[C@@H]1CCN(C(=O)[C@H](CC(C)(C)C)NC(=O)OC(C)(C)C)C2. The summed E-state index contributed by atoms with van der Waals surface area (Å²) in [5.41, 5.74) is 1.64. The first-order chi connectivity index (χ1) is 17.2. The number of H-pyrrole nitrogens is 1. The van der Waals surface area contributed by atoms with Crippen LogP contribution >= 0.6 is 0 Å². The Hall–Kier alpha value is -3.03. The minimum Gasteiger partial charge on any atom is -0.469 e. The minimum atomic E-state index is -0.834. The third-order valence-corrected chi connectivity index (χ3v) is 7.56. The first-order valence-corrected chi connectivity index (χ1v) is 13.2. The van der Waals surface area contributed by atoms with Crippen molar-refractivity contribution in [2.75, 3.05) is 20.2 Å². The molecule has 0 saturated carbocycles. The molecule has 2 heterocycles. The normalized spacial score (nSPS) is 22.6. The number of carbonyl (C=O) groups excluding carboxylic acids is 3. The van der Waals surface area contributed by atoms with Crippen molar-refractivity contribution in [3.8, 4) is 0 Å². The summed E-state index contributed by atoms with van der Waals surface area (Å²) in [6, 6.07) is 7.38. The van der Waals surface area contributed by atoms with Gasteiger partial charge in [-0.1, -0.05) is 39.0 Å². The van der Waals surface area contributed by atoms with E-state index in [1.165, 1.54) is 12.8 Å². The molecule has 1 fully saturated rings. The highest BCUT2D eigenvalue weighted by molar-refractivity contribution is 5.89. The number of carbonyl (C=O) groups is 3. The summed E-state index contributed by atoms with van der Waals surface area (Å²) < 4.78 is 10.8. The molecule has 37 heavy (non-hydrogen) atoms. The van der Waals surface area contributed by atoms with E-state index in [9.17, 15) is 14.4 Å². The maximum atomic E-state index is 13.9. The van der Waals surface area contributed by atoms with Gasteiger partial charge in [-0.2, -0.15) is 0 Å². The number of nitrogens with zero attached hydrogens (tertiary/aromatic N) is 1. The number of alkyl carbamates (subject to hydrolysis) is 1. The smallest absolute Gasteiger partial charge is 0.408 e. The van der Waals surface area contributed by atoms with Crippen LogP contribution in [0.15, 0.2) is 24.3 Å². The number of aromatic amines is 1. The predicted octanol–water partition coefficient (Wildman–Crippen LogP) is 4.60. The molecule has 3 atom stereocenters. The molecule has 1 aliphatic carbocycles. The zero-order valence-corrected chi connectivity index (χ0v) is 23.2. The minimum absolute atomic E-state index is 0.0597. The summed E-state index contributed by atoms with van der Waals surface area (Å²) >= 11 is 0. The number of esters is 1. The fourth-order valence-corrected chi connectivity index (χ4v) is 6.01. The highest BCUT2D eigenvalue weighted by Gasteiger charge is 2.54. The third-order valence-electron chi connectivity index (χ3n) is 7.56. The van der Waals surface area contributed by atoms with Crippen molar-refractivity contribution in [3.05, 3.63) is 35.5 Å². The average molecular weight is 512 g/mol. The van der Waals surface area contributed by atoms with Crippen LogP contribution in [-0.2, 0) is 31.9 Å². The van der Waals surface area contributed by atoms with Crippen LogP contribution in [0.25, 0.3) is 10.9 Å². The second-order valence-electron chi connectivity index (χ2n) is 12.9. The van der Waals surface area contributed by atoms with E-state index in [-0.39, 0.29) is 29.8 Å². The number of para-hydroxylation sites is 1. The van der Waals surface area contributed by atoms with Crippen molar-refractivity contribution < 1.29 is 23.9 Å². The van der Waals surface area contributed by atoms with Gasteiger partial charge in [-0.15, -0.1) is 0 Å². The van der Waals surface area contributed by atoms with Gasteiger partial charge in [0.25, 0.3) is 0 Å². The number of piperidine rings is 1. The number of hydrogen-bond acceptors (Lipinski definition) is 5. The van der Waals surface area contributed by atoms with Crippen molar-refractivity contribution in [2.45, 2.75) is 78.9 Å². The number of rotatable bonds is 4. The Morgan fingerprint density at radius 1 is 1.16 bits per heavy atom. The number of hydrogen-bond donors (Lipinski definition) is 2. The van der Waals surface area contributed by atoms with Gasteiger partial charge in [-0.25, -0.2) is 4.79 Å². The van der Waals surface area contributed by atoms with Gasteiger partial charge < -0.3 is 24.7 Å². The molecule has 0 spiro atoms. The molecule has 2 amide bonds. The number of aromatic nitrogens is 1. The summed E-state index contributed by atoms with van der Waals surface area (Å²) in [5, 5.41) is 3.93. The molecule has 2 aromatic rings. The van der Waals surface area contributed by atoms with Crippen molar-refractivity contribution in [3.63, 3.8) is 0 Å². The monoisotopic (exact) mass is 511 g/mol. The van der Waals surface area contributed by atoms with Gasteiger partial charge in [-0.05, 0) is 69.4 Å². The Labute approximate surface area is 219 Å². The molecule has 0 bridgehead atoms. The third kappa shape index (κ3) is 5.63. The molecule has 1 saturated heterocycles. The van der Waals surface area contributed by atoms with Crippen LogP contribution in [0, 0.1) is 16.7 Å². The summed E-state index contributed by atoms with van der Waals surface area (Å²) in [5.74, 6) is -0.407. The number of likely N-dealkylation sites (tertiary alicyclic amines) is 1. The van der Waals surface area contributed by atoms with Gasteiger partial charge in [0, 0.05) is 29.7 Å². The molecular formula is C29H41N3O5. The summed E-state index contributed by atoms with van der Waals surface area (Å²) in [6.45, 7) is 12.3. The largest absolute Gasteiger partial charge is 0.469 e. The Bertz CT molecular complexity index is 1190. The molecule has 1 aliphatic heterocycles. The second-order valence-corrected chi connectivity index (χ2v) is 12.9. The standard InChI is InChI=1S/C29H41N3O5/c1-27(2,3)16-23(31-26(35)37-28(4,5)6)24(33)32-13-12-18-14-22-20(15-29(18,17-32)25(34)36-7)19-10-8-9-11-21(19)30-22/h8-11,18,23,30H,12-17H2,1-7H3,(H,31,35)/t18-,23-,29-/m0/s1. The summed E-state index contributed by atoms with van der Waals surface area (Å²) in [7, 11) is 1.42. The molecule has 202 valence electrons. The van der Waals surface area contributed by atoms with Gasteiger partial charge in [0.15, 0.2) is 0 Å². The van der Waals surface area contributed by atoms with Gasteiger partial charge in [-0.3, -0.25) is 9.59 Å². The highest BCUT2D eigenvalue weighted by atomic mass is 16.6. The first-order valence-electron chi connectivity index (χ1n) is 13.2. The van der Waals surface area contributed by atoms with Gasteiger partial charge >= 0.3 is 12.1 Å². The lowest BCUT2D eigenvalue weighted by Gasteiger charge is -2.49. The van der Waals surface area contributed by atoms with Crippen LogP contribution in [0.5, 0.6) is 0 Å². The van der Waals surface area contributed by atoms with Gasteiger partial charge in [0.2, 0.25) is 5.91 Å². The van der Waals surface area contributed by atoms with Gasteiger partial charge in [0.1, 0.15) is 11.6 Å². The van der Waals surface area contributed by atoms with Crippen molar-refractivity contribution >= 4 is 28.9 Å². The molecule has 2 N–H and O–H groups in total. The molecule has 1 aromatic carbocycles. The van der Waals surface area contributed by atoms with Crippen LogP contribution in [0.4, 0.5) is 4.79 Å². The quantitative estimate of drug-likeness (QED) is 0.584. The van der Waals surface area contributed by atoms with E-state index in [1.54, 1.807) is 25.7 Å². The summed E-state index contributed by atoms with van der Waals surface area (Å²) in [4.78, 5) is 45.3. The predicted molar refractivity (Wildman–Crippen MR) is 142 cm³/mol. The Morgan fingerprint density at radius 3 is 2.51 bits per heavy atom. The number of nitrogens with one attached hydrogen (secondary N) is 2. The van der Waals surface area contributed by atoms with E-state index in [4.69, 9.17) is 9.47 Å². The number of methoxy groups -OCH3 is 1. The average Bonchev–Trinajstić information content (AvgIpc) is 3.15. The van der Waals surface area contributed by atoms with Crippen molar-refractivity contribution in [2.24, 2.45) is 16.7 Å². The van der Waals surface area contributed by atoms with Crippen LogP contribution in [0.2, 0.25) is 0 Å². The number of benzene rings is 1. The van der Waals surface area contributed by atoms with E-state index >= 15 is 0 Å².